The van der Waals surface area contributed by atoms with E-state index in [0.29, 0.717) is 19.7 Å². The summed E-state index contributed by atoms with van der Waals surface area (Å²) in [7, 11) is 0. The first-order chi connectivity index (χ1) is 7.19. The van der Waals surface area contributed by atoms with E-state index in [4.69, 9.17) is 10.5 Å². The van der Waals surface area contributed by atoms with Gasteiger partial charge in [-0.15, -0.1) is 0 Å². The fraction of sp³-hybridized carbons (Fsp3) is 0.800. The molecule has 86 valence electrons. The molecule has 1 heterocycles. The summed E-state index contributed by atoms with van der Waals surface area (Å²) < 4.78 is 4.89. The van der Waals surface area contributed by atoms with Gasteiger partial charge >= 0.3 is 6.09 Å². The standard InChI is InChI=1S/C10H18N2O3/c1-2-15-10(14)12-5-3-4-8(7-12)9(13)6-11/h8H,2-7,11H2,1H3. The molecule has 1 atom stereocenters. The third-order valence-corrected chi connectivity index (χ3v) is 2.60. The number of nitrogens with zero attached hydrogens (tertiary/aromatic N) is 1. The fourth-order valence-corrected chi connectivity index (χ4v) is 1.79. The highest BCUT2D eigenvalue weighted by molar-refractivity contribution is 5.83. The number of Topliss-reactive ketones (excluding diaryl/α,β-unsaturated/α-hetero) is 1. The first kappa shape index (κ1) is 12.0. The minimum Gasteiger partial charge on any atom is -0.450 e. The Labute approximate surface area is 89.6 Å². The third-order valence-electron chi connectivity index (χ3n) is 2.60. The van der Waals surface area contributed by atoms with Gasteiger partial charge in [0.05, 0.1) is 13.2 Å². The van der Waals surface area contributed by atoms with E-state index in [-0.39, 0.29) is 24.3 Å². The third kappa shape index (κ3) is 3.20. The maximum atomic E-state index is 11.4. The quantitative estimate of drug-likeness (QED) is 0.737. The van der Waals surface area contributed by atoms with Crippen molar-refractivity contribution in [3.63, 3.8) is 0 Å². The molecule has 0 bridgehead atoms. The van der Waals surface area contributed by atoms with Crippen LogP contribution in [0.15, 0.2) is 0 Å². The maximum Gasteiger partial charge on any atom is 0.409 e. The van der Waals surface area contributed by atoms with Crippen molar-refractivity contribution < 1.29 is 14.3 Å². The fourth-order valence-electron chi connectivity index (χ4n) is 1.79. The van der Waals surface area contributed by atoms with Crippen LogP contribution >= 0.6 is 0 Å². The van der Waals surface area contributed by atoms with Gasteiger partial charge in [0.2, 0.25) is 0 Å². The lowest BCUT2D eigenvalue weighted by molar-refractivity contribution is -0.122. The molecule has 1 aliphatic rings. The van der Waals surface area contributed by atoms with E-state index in [9.17, 15) is 9.59 Å². The highest BCUT2D eigenvalue weighted by atomic mass is 16.6. The van der Waals surface area contributed by atoms with Crippen LogP contribution in [0.1, 0.15) is 19.8 Å². The summed E-state index contributed by atoms with van der Waals surface area (Å²) in [6, 6.07) is 0. The molecule has 1 fully saturated rings. The van der Waals surface area contributed by atoms with E-state index < -0.39 is 0 Å². The number of ketones is 1. The summed E-state index contributed by atoms with van der Waals surface area (Å²) in [5, 5.41) is 0. The van der Waals surface area contributed by atoms with E-state index in [1.807, 2.05) is 0 Å². The Hall–Kier alpha value is -1.10. The Morgan fingerprint density at radius 3 is 2.87 bits per heavy atom. The van der Waals surface area contributed by atoms with Crippen LogP contribution in [0, 0.1) is 5.92 Å². The van der Waals surface area contributed by atoms with E-state index in [0.717, 1.165) is 12.8 Å². The predicted octanol–water partition coefficient (Wildman–Crippen LogP) is 0.383. The van der Waals surface area contributed by atoms with Crippen LogP contribution in [0.25, 0.3) is 0 Å². The zero-order valence-corrected chi connectivity index (χ0v) is 9.07. The minimum atomic E-state index is -0.327. The van der Waals surface area contributed by atoms with Crippen LogP contribution in [0.3, 0.4) is 0 Å². The van der Waals surface area contributed by atoms with Crippen LogP contribution in [-0.4, -0.2) is 43.0 Å². The van der Waals surface area contributed by atoms with Crippen LogP contribution in [0.5, 0.6) is 0 Å². The molecule has 0 aromatic heterocycles. The zero-order chi connectivity index (χ0) is 11.3. The van der Waals surface area contributed by atoms with Crippen molar-refractivity contribution >= 4 is 11.9 Å². The molecule has 0 aliphatic carbocycles. The molecule has 5 nitrogen and oxygen atoms in total. The SMILES string of the molecule is CCOC(=O)N1CCCC(C(=O)CN)C1. The van der Waals surface area contributed by atoms with Crippen LogP contribution in [0.4, 0.5) is 4.79 Å². The predicted molar refractivity (Wildman–Crippen MR) is 55.4 cm³/mol. The molecular formula is C10H18N2O3. The van der Waals surface area contributed by atoms with E-state index in [1.165, 1.54) is 0 Å². The lowest BCUT2D eigenvalue weighted by atomic mass is 9.94. The maximum absolute atomic E-state index is 11.4. The highest BCUT2D eigenvalue weighted by Crippen LogP contribution is 2.17. The lowest BCUT2D eigenvalue weighted by Crippen LogP contribution is -2.43. The minimum absolute atomic E-state index is 0.0315. The van der Waals surface area contributed by atoms with Crippen molar-refractivity contribution in [2.24, 2.45) is 11.7 Å². The molecule has 1 rings (SSSR count). The second-order valence-corrected chi connectivity index (χ2v) is 3.65. The van der Waals surface area contributed by atoms with Gasteiger partial charge in [0, 0.05) is 19.0 Å². The summed E-state index contributed by atoms with van der Waals surface area (Å²) in [5.41, 5.74) is 5.30. The van der Waals surface area contributed by atoms with Crippen LogP contribution < -0.4 is 5.73 Å². The molecule has 0 saturated carbocycles. The highest BCUT2D eigenvalue weighted by Gasteiger charge is 2.27. The number of carbonyl (C=O) groups is 2. The molecule has 1 amide bonds. The molecule has 2 N–H and O–H groups in total. The lowest BCUT2D eigenvalue weighted by Gasteiger charge is -2.30. The number of hydrogen-bond donors (Lipinski definition) is 1. The number of piperidine rings is 1. The van der Waals surface area contributed by atoms with E-state index in [1.54, 1.807) is 11.8 Å². The summed E-state index contributed by atoms with van der Waals surface area (Å²) >= 11 is 0. The number of rotatable bonds is 3. The molecule has 5 heteroatoms. The van der Waals surface area contributed by atoms with Gasteiger partial charge in [-0.2, -0.15) is 0 Å². The van der Waals surface area contributed by atoms with Gasteiger partial charge in [-0.1, -0.05) is 0 Å². The topological polar surface area (TPSA) is 72.6 Å². The molecule has 0 radical (unpaired) electrons. The number of amides is 1. The number of ether oxygens (including phenoxy) is 1. The summed E-state index contributed by atoms with van der Waals surface area (Å²) in [4.78, 5) is 24.4. The molecule has 0 aromatic carbocycles. The van der Waals surface area contributed by atoms with Crippen molar-refractivity contribution in [1.82, 2.24) is 4.90 Å². The first-order valence-electron chi connectivity index (χ1n) is 5.33. The number of hydrogen-bond acceptors (Lipinski definition) is 4. The average Bonchev–Trinajstić information content (AvgIpc) is 2.28. The number of carbonyl (C=O) groups excluding carboxylic acids is 2. The van der Waals surface area contributed by atoms with Gasteiger partial charge in [-0.05, 0) is 19.8 Å². The van der Waals surface area contributed by atoms with E-state index >= 15 is 0 Å². The Bertz CT molecular complexity index is 243. The molecule has 1 saturated heterocycles. The summed E-state index contributed by atoms with van der Waals surface area (Å²) in [6.45, 7) is 3.32. The van der Waals surface area contributed by atoms with E-state index in [2.05, 4.69) is 0 Å². The van der Waals surface area contributed by atoms with Crippen molar-refractivity contribution in [2.75, 3.05) is 26.2 Å². The molecule has 1 aliphatic heterocycles. The van der Waals surface area contributed by atoms with Crippen molar-refractivity contribution in [3.05, 3.63) is 0 Å². The molecule has 0 spiro atoms. The van der Waals surface area contributed by atoms with Gasteiger partial charge in [0.1, 0.15) is 0 Å². The van der Waals surface area contributed by atoms with Crippen molar-refractivity contribution in [2.45, 2.75) is 19.8 Å². The Morgan fingerprint density at radius 2 is 2.27 bits per heavy atom. The van der Waals surface area contributed by atoms with Crippen molar-refractivity contribution in [3.8, 4) is 0 Å². The molecule has 15 heavy (non-hydrogen) atoms. The summed E-state index contributed by atoms with van der Waals surface area (Å²) in [6.07, 6.45) is 1.34. The molecular weight excluding hydrogens is 196 g/mol. The van der Waals surface area contributed by atoms with Gasteiger partial charge in [0.25, 0.3) is 0 Å². The normalized spacial score (nSPS) is 21.2. The van der Waals surface area contributed by atoms with Gasteiger partial charge in [0.15, 0.2) is 5.78 Å². The van der Waals surface area contributed by atoms with Crippen LogP contribution in [-0.2, 0) is 9.53 Å². The average molecular weight is 214 g/mol. The molecule has 1 unspecified atom stereocenters. The van der Waals surface area contributed by atoms with Gasteiger partial charge < -0.3 is 15.4 Å². The summed E-state index contributed by atoms with van der Waals surface area (Å²) in [5.74, 6) is -0.0721. The first-order valence-corrected chi connectivity index (χ1v) is 5.33. The molecule has 0 aromatic rings. The monoisotopic (exact) mass is 214 g/mol. The second-order valence-electron chi connectivity index (χ2n) is 3.65. The smallest absolute Gasteiger partial charge is 0.409 e. The number of likely N-dealkylation sites (tertiary alicyclic amines) is 1. The number of nitrogens with two attached hydrogens (primary N) is 1. The Balaban J connectivity index is 2.48. The Morgan fingerprint density at radius 1 is 1.53 bits per heavy atom. The zero-order valence-electron chi connectivity index (χ0n) is 9.07. The van der Waals surface area contributed by atoms with Crippen molar-refractivity contribution in [1.29, 1.82) is 0 Å². The van der Waals surface area contributed by atoms with Gasteiger partial charge in [-0.25, -0.2) is 4.79 Å². The second kappa shape index (κ2) is 5.70. The largest absolute Gasteiger partial charge is 0.450 e. The van der Waals surface area contributed by atoms with Gasteiger partial charge in [-0.3, -0.25) is 4.79 Å². The van der Waals surface area contributed by atoms with Crippen LogP contribution in [0.2, 0.25) is 0 Å². The Kier molecular flexibility index (Phi) is 4.55.